The van der Waals surface area contributed by atoms with Crippen LogP contribution in [0.3, 0.4) is 0 Å². The number of rotatable bonds is 27. The van der Waals surface area contributed by atoms with Gasteiger partial charge in [-0.25, -0.2) is 24.3 Å². The number of aromatic nitrogens is 24. The van der Waals surface area contributed by atoms with Crippen LogP contribution in [-0.4, -0.2) is 232 Å². The van der Waals surface area contributed by atoms with Gasteiger partial charge in [-0.15, -0.1) is 22.5 Å². The summed E-state index contributed by atoms with van der Waals surface area (Å²) in [6.07, 6.45) is 29.0. The number of nitrogens with one attached hydrogen (secondary N) is 7. The first-order valence-electron chi connectivity index (χ1n) is 39.8. The molecule has 0 radical (unpaired) electrons. The second-order valence-electron chi connectivity index (χ2n) is 30.8. The fourth-order valence-corrected chi connectivity index (χ4v) is 14.6. The molecule has 16 heterocycles. The Morgan fingerprint density at radius 2 is 0.934 bits per heavy atom. The minimum Gasteiger partial charge on any atom is -0.478 e. The third-order valence-electron chi connectivity index (χ3n) is 21.0. The molecule has 7 N–H and O–H groups in total. The lowest BCUT2D eigenvalue weighted by atomic mass is 10.0. The van der Waals surface area contributed by atoms with Gasteiger partial charge in [-0.3, -0.25) is 37.9 Å². The molecule has 3 amide bonds. The van der Waals surface area contributed by atoms with E-state index in [9.17, 15) is 23.6 Å². The molecule has 4 aliphatic rings. The summed E-state index contributed by atoms with van der Waals surface area (Å²) in [4.78, 5) is 111. The molecule has 4 saturated heterocycles. The molecule has 42 heteroatoms. The Bertz CT molecular complexity index is 5880. The Morgan fingerprint density at radius 1 is 0.516 bits per heavy atom. The number of hydrogen-bond acceptors (Lipinski definition) is 30. The van der Waals surface area contributed by atoms with E-state index in [0.29, 0.717) is 149 Å². The number of ether oxygens (including phenoxy) is 2. The number of fused-ring (bicyclic) bond motifs is 4. The number of amides is 3. The number of aryl methyl sites for hydroxylation is 6. The van der Waals surface area contributed by atoms with E-state index in [1.54, 1.807) is 75.5 Å². The highest BCUT2D eigenvalue weighted by Gasteiger charge is 2.38. The van der Waals surface area contributed by atoms with Gasteiger partial charge in [-0.05, 0) is 76.2 Å². The summed E-state index contributed by atoms with van der Waals surface area (Å²) >= 11 is 0. The number of carbonyl (C=O) groups excluding carboxylic acids is 4. The maximum atomic E-state index is 14.5. The van der Waals surface area contributed by atoms with E-state index in [4.69, 9.17) is 45.8 Å². The third-order valence-corrected chi connectivity index (χ3v) is 21.0. The monoisotopic (exact) mass is 1670 g/mol. The molecule has 0 saturated carbocycles. The molecule has 16 rings (SSSR count). The SMILES string of the molecule is C#CCCn1cc(Nc2nc(N3CC(C)C(NC(=O)C=C)C3)nc3c2ncn3C)c(OC)n1.C=CC(=O)CC1CCN(c2nc(Nc3cnn(C)c3)c3ncn(C(C)C)c3n2)C1.C=CC(=O)NC1CN(c2nc(Nc3cn(C)nc3OC)c3ncn(C)c3n2)CC1C.C=CC(=O)NC1CN(c2nc(Nc3cnn(C)c3)c3ncn(C(C)C)c3n2)CC1F. The van der Waals surface area contributed by atoms with E-state index in [1.165, 1.54) is 18.2 Å². The Hall–Kier alpha value is -14.4. The molecule has 12 aromatic heterocycles. The molecule has 640 valence electrons. The van der Waals surface area contributed by atoms with E-state index in [1.807, 2.05) is 92.1 Å². The fourth-order valence-electron chi connectivity index (χ4n) is 14.6. The molecule has 7 unspecified atom stereocenters. The number of terminal acetylenes is 1. The third kappa shape index (κ3) is 19.3. The van der Waals surface area contributed by atoms with Crippen LogP contribution in [0.2, 0.25) is 0 Å². The zero-order chi connectivity index (χ0) is 86.9. The zero-order valence-electron chi connectivity index (χ0n) is 70.5. The van der Waals surface area contributed by atoms with Gasteiger partial charge < -0.3 is 84.6 Å². The minimum atomic E-state index is -1.24. The summed E-state index contributed by atoms with van der Waals surface area (Å²) in [6, 6.07) is -0.315. The molecule has 0 bridgehead atoms. The first-order valence-corrected chi connectivity index (χ1v) is 39.8. The highest BCUT2D eigenvalue weighted by Crippen LogP contribution is 2.37. The van der Waals surface area contributed by atoms with Crippen molar-refractivity contribution >= 4 is 138 Å². The summed E-state index contributed by atoms with van der Waals surface area (Å²) < 4.78 is 39.8. The van der Waals surface area contributed by atoms with Gasteiger partial charge in [0.15, 0.2) is 73.7 Å². The molecule has 7 atom stereocenters. The number of halogens is 1. The predicted octanol–water partition coefficient (Wildman–Crippen LogP) is 7.01. The second kappa shape index (κ2) is 37.2. The molecule has 41 nitrogen and oxygen atoms in total. The fraction of sp³-hybridized carbons (Fsp3) is 0.425. The van der Waals surface area contributed by atoms with Crippen LogP contribution in [0.4, 0.5) is 74.2 Å². The van der Waals surface area contributed by atoms with E-state index < -0.39 is 18.1 Å². The Kier molecular flexibility index (Phi) is 26.1. The zero-order valence-corrected chi connectivity index (χ0v) is 70.5. The van der Waals surface area contributed by atoms with Crippen LogP contribution in [0, 0.1) is 30.1 Å². The summed E-state index contributed by atoms with van der Waals surface area (Å²) in [5.74, 6) is 7.99. The number of alkyl halides is 1. The van der Waals surface area contributed by atoms with Crippen LogP contribution < -0.4 is 66.3 Å². The first kappa shape index (κ1) is 85.5. The van der Waals surface area contributed by atoms with E-state index in [-0.39, 0.29) is 66.7 Å². The molecule has 4 aliphatic heterocycles. The number of ketones is 1. The van der Waals surface area contributed by atoms with Gasteiger partial charge >= 0.3 is 0 Å². The van der Waals surface area contributed by atoms with Gasteiger partial charge in [0, 0.05) is 118 Å². The van der Waals surface area contributed by atoms with Crippen molar-refractivity contribution in [1.29, 1.82) is 0 Å². The van der Waals surface area contributed by atoms with Gasteiger partial charge in [0.2, 0.25) is 41.5 Å². The standard InChI is InChI=1S/C22H27N9O2.C20H26N8O.C19H24FN9O.C19H25N9O2/c1-6-8-9-31-12-16(21(28-31)33-5)25-19-18-20(29(4)13-23-18)27-22(26-19)30-10-14(3)15(11-30)24-17(32)7-2;1-5-16(29)8-14-6-7-27(10-14)20-24-18(23-15-9-22-26(4)11-15)17-19(25-20)28(12-21-17)13(2)3;1-5-15(30)24-14-9-28(8-13(14)20)19-25-17(23-12-6-22-27(4)7-12)16-18(26-19)29(10-21-16)11(2)3;1-6-14(29)21-12-9-28(7-11(12)2)19-23-16(15-17(24-19)26(3)10-20-15)22-13-8-27(4)25-18(13)30-5/h1,7,12-15H,2,8-11H2,3-5H3,(H,24,32)(H,25,26,27);5,9,11-14H,1,6-8,10H2,2-4H3,(H,23,24,25);5-7,10-11,13-14H,1,8-9H2,2-4H3,(H,24,30)(H,23,25,26);6,8,10-12H,1,7,9H2,2-5H3,(H,21,29)(H,22,23,24). The molecule has 0 aromatic carbocycles. The maximum Gasteiger partial charge on any atom is 0.256 e. The number of allylic oxidation sites excluding steroid dienone is 1. The molecule has 122 heavy (non-hydrogen) atoms. The highest BCUT2D eigenvalue weighted by atomic mass is 19.1. The van der Waals surface area contributed by atoms with Gasteiger partial charge in [0.05, 0.1) is 107 Å². The molecular weight excluding hydrogens is 1570 g/mol. The number of methoxy groups -OCH3 is 2. The summed E-state index contributed by atoms with van der Waals surface area (Å²) in [5.41, 5.74) is 8.38. The average molecular weight is 1670 g/mol. The molecule has 0 spiro atoms. The van der Waals surface area contributed by atoms with Crippen LogP contribution in [-0.2, 0) is 61.0 Å². The Balaban J connectivity index is 0.000000140. The summed E-state index contributed by atoms with van der Waals surface area (Å²) in [5, 5.41) is 38.8. The van der Waals surface area contributed by atoms with E-state index in [0.717, 1.165) is 54.7 Å². The van der Waals surface area contributed by atoms with Crippen LogP contribution >= 0.6 is 0 Å². The molecule has 4 fully saturated rings. The van der Waals surface area contributed by atoms with Gasteiger partial charge in [0.25, 0.3) is 11.8 Å². The largest absolute Gasteiger partial charge is 0.478 e. The maximum absolute atomic E-state index is 14.5. The van der Waals surface area contributed by atoms with Gasteiger partial charge in [0.1, 0.15) is 17.5 Å². The highest BCUT2D eigenvalue weighted by molar-refractivity contribution is 5.92. The number of nitrogens with zero attached hydrogens (tertiary/aromatic N) is 28. The van der Waals surface area contributed by atoms with Crippen molar-refractivity contribution in [3.63, 3.8) is 0 Å². The normalized spacial score (nSPS) is 18.0. The van der Waals surface area contributed by atoms with Crippen LogP contribution in [0.1, 0.15) is 72.9 Å². The summed E-state index contributed by atoms with van der Waals surface area (Å²) in [6.45, 7) is 31.6. The average Bonchev–Trinajstić information content (AvgIpc) is 1.63. The number of carbonyl (C=O) groups is 4. The lowest BCUT2D eigenvalue weighted by Gasteiger charge is -2.18. The molecular formula is C80H102FN35O6. The van der Waals surface area contributed by atoms with Crippen LogP contribution in [0.5, 0.6) is 11.8 Å². The number of hydrogen-bond donors (Lipinski definition) is 7. The predicted molar refractivity (Wildman–Crippen MR) is 462 cm³/mol. The molecule has 0 aliphatic carbocycles. The van der Waals surface area contributed by atoms with Crippen LogP contribution in [0.25, 0.3) is 44.7 Å². The molecule has 12 aromatic rings. The van der Waals surface area contributed by atoms with Crippen LogP contribution in [0.15, 0.2) is 113 Å². The number of anilines is 12. The lowest BCUT2D eigenvalue weighted by molar-refractivity contribution is -0.118. The first-order chi connectivity index (χ1) is 58.6. The second-order valence-corrected chi connectivity index (χ2v) is 30.8. The van der Waals surface area contributed by atoms with Crippen molar-refractivity contribution in [2.75, 3.05) is 107 Å². The van der Waals surface area contributed by atoms with Crippen molar-refractivity contribution in [1.82, 2.24) is 133 Å². The quantitative estimate of drug-likeness (QED) is 0.0201. The van der Waals surface area contributed by atoms with Crippen molar-refractivity contribution in [3.05, 3.63) is 113 Å². The van der Waals surface area contributed by atoms with Crippen molar-refractivity contribution in [2.24, 2.45) is 53.0 Å². The van der Waals surface area contributed by atoms with Gasteiger partial charge in [-0.1, -0.05) is 40.2 Å². The van der Waals surface area contributed by atoms with Crippen molar-refractivity contribution < 1.29 is 33.0 Å². The van der Waals surface area contributed by atoms with Gasteiger partial charge in [-0.2, -0.15) is 50.1 Å². The topological polar surface area (TPSA) is 430 Å². The summed E-state index contributed by atoms with van der Waals surface area (Å²) in [7, 11) is 12.4. The minimum absolute atomic E-state index is 0.00355. The Labute approximate surface area is 702 Å². The van der Waals surface area contributed by atoms with E-state index >= 15 is 0 Å². The van der Waals surface area contributed by atoms with Crippen molar-refractivity contribution in [3.8, 4) is 24.1 Å². The lowest BCUT2D eigenvalue weighted by Crippen LogP contribution is -2.40. The smallest absolute Gasteiger partial charge is 0.256 e. The Morgan fingerprint density at radius 3 is 1.38 bits per heavy atom. The van der Waals surface area contributed by atoms with Crippen molar-refractivity contribution in [2.45, 2.75) is 104 Å². The number of imidazole rings is 4. The van der Waals surface area contributed by atoms with E-state index in [2.05, 4.69) is 162 Å².